The van der Waals surface area contributed by atoms with E-state index in [0.717, 1.165) is 6.07 Å². The smallest absolute Gasteiger partial charge is 0.254 e. The summed E-state index contributed by atoms with van der Waals surface area (Å²) in [4.78, 5) is 11.5. The number of amides is 1. The Balaban J connectivity index is 2.74. The highest BCUT2D eigenvalue weighted by atomic mass is 35.5. The van der Waals surface area contributed by atoms with Crippen molar-refractivity contribution in [3.63, 3.8) is 0 Å². The summed E-state index contributed by atoms with van der Waals surface area (Å²) in [7, 11) is 0. The number of benzene rings is 1. The Bertz CT molecular complexity index is 442. The number of nitriles is 1. The van der Waals surface area contributed by atoms with Crippen LogP contribution in [0.2, 0.25) is 5.02 Å². The number of nitrogens with zero attached hydrogens (tertiary/aromatic N) is 1. The van der Waals surface area contributed by atoms with Crippen LogP contribution in [0.3, 0.4) is 0 Å². The van der Waals surface area contributed by atoms with Crippen molar-refractivity contribution >= 4 is 17.5 Å². The zero-order valence-corrected chi connectivity index (χ0v) is 9.38. The van der Waals surface area contributed by atoms with Gasteiger partial charge in [-0.15, -0.1) is 0 Å². The lowest BCUT2D eigenvalue weighted by molar-refractivity contribution is 0.0947. The van der Waals surface area contributed by atoms with E-state index in [9.17, 15) is 9.18 Å². The van der Waals surface area contributed by atoms with Crippen molar-refractivity contribution in [1.29, 1.82) is 5.26 Å². The van der Waals surface area contributed by atoms with Crippen LogP contribution in [0.15, 0.2) is 18.2 Å². The SMILES string of the molecule is CC(C#N)CNC(=O)c1cc(Cl)ccc1F. The summed E-state index contributed by atoms with van der Waals surface area (Å²) in [5, 5.41) is 11.3. The predicted molar refractivity (Wildman–Crippen MR) is 58.5 cm³/mol. The van der Waals surface area contributed by atoms with Crippen LogP contribution < -0.4 is 5.32 Å². The second-order valence-electron chi connectivity index (χ2n) is 3.36. The van der Waals surface area contributed by atoms with Gasteiger partial charge in [0.05, 0.1) is 17.6 Å². The Kier molecular flexibility index (Phi) is 4.27. The summed E-state index contributed by atoms with van der Waals surface area (Å²) in [5.74, 6) is -1.51. The van der Waals surface area contributed by atoms with Crippen molar-refractivity contribution in [2.45, 2.75) is 6.92 Å². The minimum atomic E-state index is -0.633. The Morgan fingerprint density at radius 3 is 3.00 bits per heavy atom. The van der Waals surface area contributed by atoms with Gasteiger partial charge in [0.2, 0.25) is 0 Å². The van der Waals surface area contributed by atoms with Gasteiger partial charge in [-0.25, -0.2) is 4.39 Å². The molecule has 0 saturated heterocycles. The van der Waals surface area contributed by atoms with Crippen molar-refractivity contribution in [3.05, 3.63) is 34.6 Å². The summed E-state index contributed by atoms with van der Waals surface area (Å²) < 4.78 is 13.2. The summed E-state index contributed by atoms with van der Waals surface area (Å²) in [6.45, 7) is 1.84. The fraction of sp³-hybridized carbons (Fsp3) is 0.273. The summed E-state index contributed by atoms with van der Waals surface area (Å²) in [5.41, 5.74) is -0.113. The first kappa shape index (κ1) is 12.5. The molecule has 0 saturated carbocycles. The number of rotatable bonds is 3. The second kappa shape index (κ2) is 5.47. The molecule has 1 atom stereocenters. The van der Waals surface area contributed by atoms with E-state index in [1.54, 1.807) is 6.92 Å². The van der Waals surface area contributed by atoms with Gasteiger partial charge in [0.15, 0.2) is 0 Å². The molecule has 1 aromatic carbocycles. The zero-order chi connectivity index (χ0) is 12.1. The van der Waals surface area contributed by atoms with Gasteiger partial charge < -0.3 is 5.32 Å². The third kappa shape index (κ3) is 3.21. The topological polar surface area (TPSA) is 52.9 Å². The van der Waals surface area contributed by atoms with Crippen LogP contribution >= 0.6 is 11.6 Å². The Morgan fingerprint density at radius 1 is 1.69 bits per heavy atom. The highest BCUT2D eigenvalue weighted by molar-refractivity contribution is 6.30. The monoisotopic (exact) mass is 240 g/mol. The molecule has 0 aromatic heterocycles. The van der Waals surface area contributed by atoms with Gasteiger partial charge >= 0.3 is 0 Å². The molecule has 1 aromatic rings. The Hall–Kier alpha value is -1.60. The zero-order valence-electron chi connectivity index (χ0n) is 8.63. The molecule has 1 amide bonds. The Morgan fingerprint density at radius 2 is 2.38 bits per heavy atom. The fourth-order valence-corrected chi connectivity index (χ4v) is 1.23. The first-order valence-corrected chi connectivity index (χ1v) is 5.05. The second-order valence-corrected chi connectivity index (χ2v) is 3.80. The molecule has 1 rings (SSSR count). The fourth-order valence-electron chi connectivity index (χ4n) is 1.06. The number of carbonyl (C=O) groups is 1. The molecule has 0 aliphatic heterocycles. The maximum absolute atomic E-state index is 13.2. The molecule has 0 radical (unpaired) electrons. The van der Waals surface area contributed by atoms with Crippen LogP contribution in [0.4, 0.5) is 4.39 Å². The summed E-state index contributed by atoms with van der Waals surface area (Å²) in [6, 6.07) is 5.71. The molecule has 0 aliphatic rings. The van der Waals surface area contributed by atoms with Gasteiger partial charge in [0.1, 0.15) is 5.82 Å². The minimum absolute atomic E-state index is 0.113. The molecule has 0 bridgehead atoms. The van der Waals surface area contributed by atoms with E-state index in [1.165, 1.54) is 12.1 Å². The van der Waals surface area contributed by atoms with Crippen LogP contribution in [0.25, 0.3) is 0 Å². The van der Waals surface area contributed by atoms with E-state index in [2.05, 4.69) is 5.32 Å². The van der Waals surface area contributed by atoms with Crippen LogP contribution in [0, 0.1) is 23.1 Å². The first-order valence-electron chi connectivity index (χ1n) is 4.67. The number of carbonyl (C=O) groups excluding carboxylic acids is 1. The van der Waals surface area contributed by atoms with Gasteiger partial charge in [-0.1, -0.05) is 11.6 Å². The third-order valence-corrected chi connectivity index (χ3v) is 2.20. The molecule has 1 unspecified atom stereocenters. The maximum atomic E-state index is 13.2. The lowest BCUT2D eigenvalue weighted by Gasteiger charge is -2.07. The van der Waals surface area contributed by atoms with E-state index < -0.39 is 11.7 Å². The van der Waals surface area contributed by atoms with Crippen molar-refractivity contribution in [1.82, 2.24) is 5.32 Å². The van der Waals surface area contributed by atoms with Crippen LogP contribution in [-0.4, -0.2) is 12.5 Å². The summed E-state index contributed by atoms with van der Waals surface area (Å²) >= 11 is 5.65. The normalized spacial score (nSPS) is 11.6. The average Bonchev–Trinajstić information content (AvgIpc) is 2.28. The maximum Gasteiger partial charge on any atom is 0.254 e. The van der Waals surface area contributed by atoms with Crippen LogP contribution in [-0.2, 0) is 0 Å². The number of halogens is 2. The highest BCUT2D eigenvalue weighted by Crippen LogP contribution is 2.14. The number of nitrogens with one attached hydrogen (secondary N) is 1. The molecule has 0 aliphatic carbocycles. The number of hydrogen-bond donors (Lipinski definition) is 1. The molecule has 0 spiro atoms. The standard InChI is InChI=1S/C11H10ClFN2O/c1-7(5-14)6-15-11(16)9-4-8(12)2-3-10(9)13/h2-4,7H,6H2,1H3,(H,15,16). The Labute approximate surface area is 97.8 Å². The van der Waals surface area contributed by atoms with Crippen molar-refractivity contribution < 1.29 is 9.18 Å². The third-order valence-electron chi connectivity index (χ3n) is 1.96. The van der Waals surface area contributed by atoms with Gasteiger partial charge in [-0.3, -0.25) is 4.79 Å². The van der Waals surface area contributed by atoms with E-state index in [-0.39, 0.29) is 18.0 Å². The highest BCUT2D eigenvalue weighted by Gasteiger charge is 2.12. The minimum Gasteiger partial charge on any atom is -0.351 e. The molecule has 16 heavy (non-hydrogen) atoms. The molecular weight excluding hydrogens is 231 g/mol. The molecule has 84 valence electrons. The van der Waals surface area contributed by atoms with E-state index in [0.29, 0.717) is 5.02 Å². The molecule has 0 heterocycles. The molecule has 0 fully saturated rings. The molecule has 5 heteroatoms. The lowest BCUT2D eigenvalue weighted by Crippen LogP contribution is -2.28. The van der Waals surface area contributed by atoms with Crippen molar-refractivity contribution in [2.24, 2.45) is 5.92 Å². The number of hydrogen-bond acceptors (Lipinski definition) is 2. The average molecular weight is 241 g/mol. The van der Waals surface area contributed by atoms with E-state index in [4.69, 9.17) is 16.9 Å². The van der Waals surface area contributed by atoms with Crippen LogP contribution in [0.1, 0.15) is 17.3 Å². The molecular formula is C11H10ClFN2O. The quantitative estimate of drug-likeness (QED) is 0.882. The largest absolute Gasteiger partial charge is 0.351 e. The van der Waals surface area contributed by atoms with Gasteiger partial charge in [0.25, 0.3) is 5.91 Å². The van der Waals surface area contributed by atoms with E-state index >= 15 is 0 Å². The van der Waals surface area contributed by atoms with Crippen LogP contribution in [0.5, 0.6) is 0 Å². The van der Waals surface area contributed by atoms with Crippen molar-refractivity contribution in [3.8, 4) is 6.07 Å². The van der Waals surface area contributed by atoms with E-state index in [1.807, 2.05) is 6.07 Å². The first-order chi connectivity index (χ1) is 7.54. The van der Waals surface area contributed by atoms with Gasteiger partial charge in [0, 0.05) is 11.6 Å². The van der Waals surface area contributed by atoms with Gasteiger partial charge in [-0.2, -0.15) is 5.26 Å². The van der Waals surface area contributed by atoms with Crippen molar-refractivity contribution in [2.75, 3.05) is 6.54 Å². The predicted octanol–water partition coefficient (Wildman–Crippen LogP) is 2.37. The summed E-state index contributed by atoms with van der Waals surface area (Å²) in [6.07, 6.45) is 0. The van der Waals surface area contributed by atoms with Gasteiger partial charge in [-0.05, 0) is 25.1 Å². The molecule has 1 N–H and O–H groups in total. The lowest BCUT2D eigenvalue weighted by atomic mass is 10.1. The molecule has 3 nitrogen and oxygen atoms in total.